The van der Waals surface area contributed by atoms with Crippen LogP contribution in [0.2, 0.25) is 0 Å². The van der Waals surface area contributed by atoms with Crippen LogP contribution in [0.3, 0.4) is 0 Å². The van der Waals surface area contributed by atoms with E-state index >= 15 is 0 Å². The van der Waals surface area contributed by atoms with Gasteiger partial charge in [-0.25, -0.2) is 4.98 Å². The molecule has 25 heavy (non-hydrogen) atoms. The van der Waals surface area contributed by atoms with Crippen molar-refractivity contribution in [2.75, 3.05) is 19.6 Å². The number of aromatic nitrogens is 3. The molecule has 1 aliphatic heterocycles. The van der Waals surface area contributed by atoms with E-state index in [1.54, 1.807) is 11.0 Å². The normalized spacial score (nSPS) is 19.1. The van der Waals surface area contributed by atoms with Gasteiger partial charge in [-0.15, -0.1) is 0 Å². The van der Waals surface area contributed by atoms with E-state index in [1.165, 1.54) is 18.5 Å². The molecule has 3 rings (SSSR count). The highest BCUT2D eigenvalue weighted by Gasteiger charge is 2.31. The van der Waals surface area contributed by atoms with E-state index in [0.29, 0.717) is 18.7 Å². The molecule has 1 fully saturated rings. The molecule has 134 valence electrons. The van der Waals surface area contributed by atoms with Crippen molar-refractivity contribution in [2.24, 2.45) is 5.92 Å². The lowest BCUT2D eigenvalue weighted by molar-refractivity contribution is -0.137. The topological polar surface area (TPSA) is 51.0 Å². The molecule has 1 aromatic heterocycles. The van der Waals surface area contributed by atoms with E-state index in [4.69, 9.17) is 0 Å². The molecule has 5 nitrogen and oxygen atoms in total. The van der Waals surface area contributed by atoms with Crippen LogP contribution in [0.15, 0.2) is 36.9 Å². The van der Waals surface area contributed by atoms with E-state index in [9.17, 15) is 18.0 Å². The van der Waals surface area contributed by atoms with Crippen LogP contribution in [0, 0.1) is 5.92 Å². The maximum absolute atomic E-state index is 12.6. The number of halogens is 3. The number of Topliss-reactive ketones (excluding diaryl/α,β-unsaturated/α-hetero) is 1. The Morgan fingerprint density at radius 2 is 1.96 bits per heavy atom. The van der Waals surface area contributed by atoms with Crippen molar-refractivity contribution < 1.29 is 18.0 Å². The Hall–Kier alpha value is -2.22. The van der Waals surface area contributed by atoms with E-state index < -0.39 is 11.7 Å². The van der Waals surface area contributed by atoms with Gasteiger partial charge in [-0.3, -0.25) is 9.48 Å². The molecule has 0 unspecified atom stereocenters. The molecule has 2 heterocycles. The maximum atomic E-state index is 12.6. The zero-order valence-electron chi connectivity index (χ0n) is 13.6. The zero-order valence-corrected chi connectivity index (χ0v) is 13.6. The summed E-state index contributed by atoms with van der Waals surface area (Å²) in [5, 5.41) is 4.05. The number of piperidine rings is 1. The number of likely N-dealkylation sites (tertiary alicyclic amines) is 1. The molecule has 0 amide bonds. The monoisotopic (exact) mass is 352 g/mol. The Morgan fingerprint density at radius 1 is 1.20 bits per heavy atom. The third-order valence-corrected chi connectivity index (χ3v) is 4.48. The minimum absolute atomic E-state index is 0.0841. The van der Waals surface area contributed by atoms with Crippen LogP contribution in [0.4, 0.5) is 13.2 Å². The van der Waals surface area contributed by atoms with Crippen LogP contribution in [0.5, 0.6) is 0 Å². The molecule has 0 saturated carbocycles. The third-order valence-electron chi connectivity index (χ3n) is 4.48. The number of hydrogen-bond donors (Lipinski definition) is 0. The first-order valence-corrected chi connectivity index (χ1v) is 8.20. The van der Waals surface area contributed by atoms with Crippen molar-refractivity contribution in [2.45, 2.75) is 25.6 Å². The Bertz CT molecular complexity index is 698. The van der Waals surface area contributed by atoms with Gasteiger partial charge in [-0.05, 0) is 31.5 Å². The van der Waals surface area contributed by atoms with Gasteiger partial charge < -0.3 is 4.90 Å². The summed E-state index contributed by atoms with van der Waals surface area (Å²) in [6.45, 7) is 2.99. The molecule has 1 saturated heterocycles. The minimum atomic E-state index is -4.38. The Kier molecular flexibility index (Phi) is 5.17. The van der Waals surface area contributed by atoms with Gasteiger partial charge in [0, 0.05) is 24.6 Å². The summed E-state index contributed by atoms with van der Waals surface area (Å²) in [5.41, 5.74) is -0.390. The van der Waals surface area contributed by atoms with Gasteiger partial charge in [0.25, 0.3) is 0 Å². The second-order valence-corrected chi connectivity index (χ2v) is 6.24. The Balaban J connectivity index is 1.59. The van der Waals surface area contributed by atoms with Gasteiger partial charge in [0.2, 0.25) is 0 Å². The van der Waals surface area contributed by atoms with Crippen molar-refractivity contribution in [3.63, 3.8) is 0 Å². The molecule has 1 aliphatic rings. The fourth-order valence-corrected chi connectivity index (χ4v) is 3.12. The van der Waals surface area contributed by atoms with Crippen molar-refractivity contribution in [3.05, 3.63) is 48.0 Å². The van der Waals surface area contributed by atoms with Gasteiger partial charge >= 0.3 is 6.18 Å². The fourth-order valence-electron chi connectivity index (χ4n) is 3.12. The minimum Gasteiger partial charge on any atom is -0.301 e. The van der Waals surface area contributed by atoms with Gasteiger partial charge in [0.1, 0.15) is 12.7 Å². The summed E-state index contributed by atoms with van der Waals surface area (Å²) in [7, 11) is 0. The molecule has 0 aliphatic carbocycles. The Morgan fingerprint density at radius 3 is 2.60 bits per heavy atom. The highest BCUT2D eigenvalue weighted by molar-refractivity contribution is 5.98. The molecule has 0 bridgehead atoms. The number of benzene rings is 1. The highest BCUT2D eigenvalue weighted by Crippen LogP contribution is 2.30. The van der Waals surface area contributed by atoms with Crippen LogP contribution >= 0.6 is 0 Å². The molecular weight excluding hydrogens is 333 g/mol. The molecule has 0 N–H and O–H groups in total. The first-order chi connectivity index (χ1) is 11.9. The highest BCUT2D eigenvalue weighted by atomic mass is 19.4. The zero-order chi connectivity index (χ0) is 17.9. The fraction of sp³-hybridized carbons (Fsp3) is 0.471. The summed E-state index contributed by atoms with van der Waals surface area (Å²) in [6, 6.07) is 4.50. The first kappa shape index (κ1) is 17.6. The lowest BCUT2D eigenvalue weighted by atomic mass is 9.89. The number of ketones is 1. The van der Waals surface area contributed by atoms with Crippen LogP contribution in [0.1, 0.15) is 28.8 Å². The predicted octanol–water partition coefficient (Wildman–Crippen LogP) is 2.89. The average molecular weight is 352 g/mol. The quantitative estimate of drug-likeness (QED) is 0.777. The largest absolute Gasteiger partial charge is 0.416 e. The van der Waals surface area contributed by atoms with Gasteiger partial charge in [0.15, 0.2) is 5.78 Å². The molecule has 2 aromatic rings. The van der Waals surface area contributed by atoms with Crippen molar-refractivity contribution in [3.8, 4) is 0 Å². The molecule has 1 aromatic carbocycles. The third kappa shape index (κ3) is 4.45. The summed E-state index contributed by atoms with van der Waals surface area (Å²) in [5.74, 6) is -0.264. The number of carbonyl (C=O) groups is 1. The summed E-state index contributed by atoms with van der Waals surface area (Å²) in [6.07, 6.45) is 0.403. The van der Waals surface area contributed by atoms with Gasteiger partial charge in [0.05, 0.1) is 12.1 Å². The number of alkyl halides is 3. The summed E-state index contributed by atoms with van der Waals surface area (Å²) in [4.78, 5) is 18.7. The molecule has 8 heteroatoms. The lowest BCUT2D eigenvalue weighted by Gasteiger charge is -2.31. The lowest BCUT2D eigenvalue weighted by Crippen LogP contribution is -2.40. The van der Waals surface area contributed by atoms with Crippen LogP contribution in [-0.4, -0.2) is 45.1 Å². The number of carbonyl (C=O) groups excluding carboxylic acids is 1. The van der Waals surface area contributed by atoms with E-state index in [2.05, 4.69) is 15.0 Å². The SMILES string of the molecule is O=C(c1ccc(C(F)(F)F)cc1)[C@@H]1CCCN(CCn2cncn2)C1. The summed E-state index contributed by atoms with van der Waals surface area (Å²) >= 11 is 0. The second-order valence-electron chi connectivity index (χ2n) is 6.24. The smallest absolute Gasteiger partial charge is 0.301 e. The maximum Gasteiger partial charge on any atom is 0.416 e. The van der Waals surface area contributed by atoms with Crippen molar-refractivity contribution in [1.82, 2.24) is 19.7 Å². The van der Waals surface area contributed by atoms with Gasteiger partial charge in [-0.1, -0.05) is 12.1 Å². The van der Waals surface area contributed by atoms with Gasteiger partial charge in [-0.2, -0.15) is 18.3 Å². The first-order valence-electron chi connectivity index (χ1n) is 8.20. The molecule has 0 spiro atoms. The average Bonchev–Trinajstić information content (AvgIpc) is 3.12. The second kappa shape index (κ2) is 7.35. The standard InChI is InChI=1S/C17H19F3N4O/c18-17(19,20)15-5-3-13(4-6-15)16(25)14-2-1-7-23(10-14)8-9-24-12-21-11-22-24/h3-6,11-12,14H,1-2,7-10H2/t14-/m1/s1. The predicted molar refractivity (Wildman–Crippen MR) is 85.0 cm³/mol. The Labute approximate surface area is 143 Å². The molecular formula is C17H19F3N4O. The van der Waals surface area contributed by atoms with Crippen molar-refractivity contribution in [1.29, 1.82) is 0 Å². The van der Waals surface area contributed by atoms with Crippen LogP contribution in [0.25, 0.3) is 0 Å². The van der Waals surface area contributed by atoms with E-state index in [0.717, 1.165) is 38.1 Å². The van der Waals surface area contributed by atoms with Crippen molar-refractivity contribution >= 4 is 5.78 Å². The summed E-state index contributed by atoms with van der Waals surface area (Å²) < 4.78 is 39.6. The molecule has 1 atom stereocenters. The van der Waals surface area contributed by atoms with Crippen LogP contribution in [-0.2, 0) is 12.7 Å². The van der Waals surface area contributed by atoms with E-state index in [-0.39, 0.29) is 11.7 Å². The number of rotatable bonds is 5. The molecule has 0 radical (unpaired) electrons. The van der Waals surface area contributed by atoms with Crippen LogP contribution < -0.4 is 0 Å². The van der Waals surface area contributed by atoms with E-state index in [1.807, 2.05) is 0 Å². The number of nitrogens with zero attached hydrogens (tertiary/aromatic N) is 4. The number of hydrogen-bond acceptors (Lipinski definition) is 4.